The van der Waals surface area contributed by atoms with Crippen molar-refractivity contribution in [3.63, 3.8) is 0 Å². The standard InChI is InChI=1S/C17H22N4O/c1-2-19-17(20-12-14-6-4-3-5-7-14)21-13-16(22)15-8-10-18-11-9-15/h3-11,16,22H,2,12-13H2,1H3,(H2,19,20,21). The predicted molar refractivity (Wildman–Crippen MR) is 88.5 cm³/mol. The van der Waals surface area contributed by atoms with Gasteiger partial charge in [-0.05, 0) is 30.2 Å². The topological polar surface area (TPSA) is 69.5 Å². The number of rotatable bonds is 6. The lowest BCUT2D eigenvalue weighted by Crippen LogP contribution is -2.39. The van der Waals surface area contributed by atoms with Crippen LogP contribution in [0.5, 0.6) is 0 Å². The molecular formula is C17H22N4O. The van der Waals surface area contributed by atoms with Crippen LogP contribution in [0.15, 0.2) is 59.9 Å². The Hall–Kier alpha value is -2.40. The van der Waals surface area contributed by atoms with E-state index in [4.69, 9.17) is 0 Å². The van der Waals surface area contributed by atoms with Crippen molar-refractivity contribution in [1.29, 1.82) is 0 Å². The number of aliphatic hydroxyl groups excluding tert-OH is 1. The van der Waals surface area contributed by atoms with E-state index in [-0.39, 0.29) is 0 Å². The maximum Gasteiger partial charge on any atom is 0.191 e. The molecule has 1 atom stereocenters. The Kier molecular flexibility index (Phi) is 6.39. The highest BCUT2D eigenvalue weighted by molar-refractivity contribution is 5.79. The van der Waals surface area contributed by atoms with Gasteiger partial charge in [-0.2, -0.15) is 0 Å². The Morgan fingerprint density at radius 3 is 2.55 bits per heavy atom. The van der Waals surface area contributed by atoms with Gasteiger partial charge in [-0.25, -0.2) is 4.99 Å². The molecule has 2 aromatic rings. The second kappa shape index (κ2) is 8.79. The summed E-state index contributed by atoms with van der Waals surface area (Å²) in [6.45, 7) is 3.77. The third kappa shape index (κ3) is 5.18. The molecule has 0 fully saturated rings. The summed E-state index contributed by atoms with van der Waals surface area (Å²) in [5.41, 5.74) is 1.98. The highest BCUT2D eigenvalue weighted by Gasteiger charge is 2.07. The van der Waals surface area contributed by atoms with Crippen LogP contribution in [-0.2, 0) is 6.54 Å². The first-order chi connectivity index (χ1) is 10.8. The maximum absolute atomic E-state index is 10.1. The summed E-state index contributed by atoms with van der Waals surface area (Å²) < 4.78 is 0. The summed E-state index contributed by atoms with van der Waals surface area (Å²) >= 11 is 0. The molecule has 0 aliphatic heterocycles. The van der Waals surface area contributed by atoms with Crippen LogP contribution in [0.1, 0.15) is 24.2 Å². The number of aliphatic imine (C=N–C) groups is 1. The van der Waals surface area contributed by atoms with Crippen LogP contribution in [0.25, 0.3) is 0 Å². The van der Waals surface area contributed by atoms with Crippen LogP contribution >= 0.6 is 0 Å². The van der Waals surface area contributed by atoms with Crippen molar-refractivity contribution in [2.75, 3.05) is 13.1 Å². The van der Waals surface area contributed by atoms with E-state index < -0.39 is 6.10 Å². The number of nitrogens with one attached hydrogen (secondary N) is 2. The Labute approximate surface area is 131 Å². The Balaban J connectivity index is 1.91. The van der Waals surface area contributed by atoms with E-state index in [1.54, 1.807) is 24.5 Å². The Morgan fingerprint density at radius 1 is 1.14 bits per heavy atom. The average Bonchev–Trinajstić information content (AvgIpc) is 2.59. The highest BCUT2D eigenvalue weighted by Crippen LogP contribution is 2.09. The number of hydrogen-bond donors (Lipinski definition) is 3. The molecule has 116 valence electrons. The van der Waals surface area contributed by atoms with Crippen molar-refractivity contribution in [3.05, 3.63) is 66.0 Å². The maximum atomic E-state index is 10.1. The number of hydrogen-bond acceptors (Lipinski definition) is 3. The minimum absolute atomic E-state index is 0.393. The summed E-state index contributed by atoms with van der Waals surface area (Å²) in [6.07, 6.45) is 2.75. The minimum atomic E-state index is -0.594. The van der Waals surface area contributed by atoms with Crippen molar-refractivity contribution in [2.24, 2.45) is 4.99 Å². The van der Waals surface area contributed by atoms with E-state index in [1.165, 1.54) is 0 Å². The number of aromatic nitrogens is 1. The lowest BCUT2D eigenvalue weighted by molar-refractivity contribution is 0.180. The number of pyridine rings is 1. The van der Waals surface area contributed by atoms with Gasteiger partial charge in [-0.1, -0.05) is 30.3 Å². The molecular weight excluding hydrogens is 276 g/mol. The average molecular weight is 298 g/mol. The van der Waals surface area contributed by atoms with Crippen LogP contribution in [0.2, 0.25) is 0 Å². The molecule has 0 saturated carbocycles. The number of benzene rings is 1. The summed E-state index contributed by atoms with van der Waals surface area (Å²) in [6, 6.07) is 13.7. The largest absolute Gasteiger partial charge is 0.387 e. The third-order valence-corrected chi connectivity index (χ3v) is 3.16. The second-order valence-electron chi connectivity index (χ2n) is 4.86. The molecule has 1 aromatic carbocycles. The monoisotopic (exact) mass is 298 g/mol. The Morgan fingerprint density at radius 2 is 1.86 bits per heavy atom. The minimum Gasteiger partial charge on any atom is -0.387 e. The quantitative estimate of drug-likeness (QED) is 0.562. The Bertz CT molecular complexity index is 572. The van der Waals surface area contributed by atoms with Crippen molar-refractivity contribution in [2.45, 2.75) is 19.6 Å². The van der Waals surface area contributed by atoms with Crippen LogP contribution in [0, 0.1) is 0 Å². The molecule has 3 N–H and O–H groups in total. The molecule has 1 heterocycles. The normalized spacial score (nSPS) is 12.7. The fourth-order valence-corrected chi connectivity index (χ4v) is 1.99. The highest BCUT2D eigenvalue weighted by atomic mass is 16.3. The van der Waals surface area contributed by atoms with Gasteiger partial charge in [-0.3, -0.25) is 4.98 Å². The number of guanidine groups is 1. The van der Waals surface area contributed by atoms with Gasteiger partial charge >= 0.3 is 0 Å². The van der Waals surface area contributed by atoms with Crippen LogP contribution < -0.4 is 10.6 Å². The summed E-state index contributed by atoms with van der Waals surface area (Å²) in [5, 5.41) is 16.5. The van der Waals surface area contributed by atoms with Crippen LogP contribution in [-0.4, -0.2) is 29.1 Å². The fourth-order valence-electron chi connectivity index (χ4n) is 1.99. The molecule has 5 nitrogen and oxygen atoms in total. The summed E-state index contributed by atoms with van der Waals surface area (Å²) in [4.78, 5) is 8.47. The van der Waals surface area contributed by atoms with E-state index in [9.17, 15) is 5.11 Å². The smallest absolute Gasteiger partial charge is 0.191 e. The zero-order chi connectivity index (χ0) is 15.6. The van der Waals surface area contributed by atoms with E-state index in [0.29, 0.717) is 19.0 Å². The molecule has 22 heavy (non-hydrogen) atoms. The molecule has 0 saturated heterocycles. The van der Waals surface area contributed by atoms with Gasteiger partial charge in [0.15, 0.2) is 5.96 Å². The van der Waals surface area contributed by atoms with Crippen LogP contribution in [0.3, 0.4) is 0 Å². The van der Waals surface area contributed by atoms with Gasteiger partial charge in [-0.15, -0.1) is 0 Å². The van der Waals surface area contributed by atoms with Crippen LogP contribution in [0.4, 0.5) is 0 Å². The van der Waals surface area contributed by atoms with Gasteiger partial charge in [0.1, 0.15) is 0 Å². The summed E-state index contributed by atoms with van der Waals surface area (Å²) in [5.74, 6) is 0.694. The zero-order valence-electron chi connectivity index (χ0n) is 12.7. The van der Waals surface area contributed by atoms with Gasteiger partial charge in [0.05, 0.1) is 12.6 Å². The number of aliphatic hydroxyl groups is 1. The van der Waals surface area contributed by atoms with Gasteiger partial charge in [0.25, 0.3) is 0 Å². The fraction of sp³-hybridized carbons (Fsp3) is 0.294. The molecule has 1 unspecified atom stereocenters. The molecule has 5 heteroatoms. The second-order valence-corrected chi connectivity index (χ2v) is 4.86. The third-order valence-electron chi connectivity index (χ3n) is 3.16. The van der Waals surface area contributed by atoms with Crippen molar-refractivity contribution in [3.8, 4) is 0 Å². The first kappa shape index (κ1) is 16.0. The van der Waals surface area contributed by atoms with E-state index in [1.807, 2.05) is 37.3 Å². The molecule has 2 rings (SSSR count). The lowest BCUT2D eigenvalue weighted by atomic mass is 10.1. The molecule has 0 bridgehead atoms. The van der Waals surface area contributed by atoms with Gasteiger partial charge < -0.3 is 15.7 Å². The molecule has 0 amide bonds. The van der Waals surface area contributed by atoms with E-state index >= 15 is 0 Å². The SMILES string of the molecule is CCNC(=NCc1ccccc1)NCC(O)c1ccncc1. The predicted octanol–water partition coefficient (Wildman–Crippen LogP) is 1.87. The van der Waals surface area contributed by atoms with Gasteiger partial charge in [0, 0.05) is 25.5 Å². The van der Waals surface area contributed by atoms with Crippen molar-refractivity contribution >= 4 is 5.96 Å². The number of nitrogens with zero attached hydrogens (tertiary/aromatic N) is 2. The van der Waals surface area contributed by atoms with Crippen molar-refractivity contribution < 1.29 is 5.11 Å². The molecule has 0 spiro atoms. The van der Waals surface area contributed by atoms with E-state index in [0.717, 1.165) is 17.7 Å². The molecule has 0 aliphatic carbocycles. The summed E-state index contributed by atoms with van der Waals surface area (Å²) in [7, 11) is 0. The molecule has 0 radical (unpaired) electrons. The molecule has 1 aromatic heterocycles. The first-order valence-electron chi connectivity index (χ1n) is 7.43. The van der Waals surface area contributed by atoms with Crippen molar-refractivity contribution in [1.82, 2.24) is 15.6 Å². The lowest BCUT2D eigenvalue weighted by Gasteiger charge is -2.15. The first-order valence-corrected chi connectivity index (χ1v) is 7.43. The molecule has 0 aliphatic rings. The zero-order valence-corrected chi connectivity index (χ0v) is 12.7. The van der Waals surface area contributed by atoms with Gasteiger partial charge in [0.2, 0.25) is 0 Å². The van der Waals surface area contributed by atoms with E-state index in [2.05, 4.69) is 20.6 Å².